The number of aromatic nitrogens is 3. The van der Waals surface area contributed by atoms with E-state index in [1.54, 1.807) is 0 Å². The number of nitrogens with zero attached hydrogens (tertiary/aromatic N) is 3. The fourth-order valence-corrected chi connectivity index (χ4v) is 3.27. The molecule has 4 rings (SSSR count). The van der Waals surface area contributed by atoms with Gasteiger partial charge in [0.25, 0.3) is 0 Å². The molecule has 0 N–H and O–H groups in total. The van der Waals surface area contributed by atoms with Gasteiger partial charge in [0, 0.05) is 16.8 Å². The van der Waals surface area contributed by atoms with Gasteiger partial charge >= 0.3 is 0 Å². The monoisotopic (exact) mass is 353 g/mol. The van der Waals surface area contributed by atoms with Crippen LogP contribution in [-0.2, 0) is 6.54 Å². The summed E-state index contributed by atoms with van der Waals surface area (Å²) in [5, 5.41) is 1.18. The lowest BCUT2D eigenvalue weighted by Gasteiger charge is -2.08. The van der Waals surface area contributed by atoms with Crippen molar-refractivity contribution in [3.05, 3.63) is 48.0 Å². The highest BCUT2D eigenvalue weighted by Gasteiger charge is 2.15. The van der Waals surface area contributed by atoms with E-state index in [4.69, 9.17) is 9.97 Å². The van der Waals surface area contributed by atoms with Gasteiger partial charge < -0.3 is 4.57 Å². The van der Waals surface area contributed by atoms with Gasteiger partial charge in [0.05, 0.1) is 16.6 Å². The number of hydrogen-bond donors (Lipinski definition) is 0. The number of aryl methyl sites for hydroxylation is 1. The summed E-state index contributed by atoms with van der Waals surface area (Å²) in [6, 6.07) is 14.6. The molecule has 2 aromatic heterocycles. The van der Waals surface area contributed by atoms with Crippen molar-refractivity contribution in [2.75, 3.05) is 0 Å². The zero-order valence-electron chi connectivity index (χ0n) is 12.5. The maximum absolute atomic E-state index is 4.88. The molecule has 4 aromatic rings. The van der Waals surface area contributed by atoms with Gasteiger partial charge in [-0.25, -0.2) is 9.97 Å². The molecule has 0 bridgehead atoms. The lowest BCUT2D eigenvalue weighted by molar-refractivity contribution is 0.741. The van der Waals surface area contributed by atoms with Crippen LogP contribution in [0.4, 0.5) is 0 Å². The Morgan fingerprint density at radius 1 is 1.09 bits per heavy atom. The van der Waals surface area contributed by atoms with Crippen LogP contribution in [0, 0.1) is 6.92 Å². The zero-order valence-corrected chi connectivity index (χ0v) is 14.1. The standard InChI is InChI=1S/C18H16BrN3/c1-11-7-8-16-13(9-11)17-18(22(16)10-12(2)19)21-15-6-4-3-5-14(15)20-17/h3-9,12H,10H2,1-2H3. The van der Waals surface area contributed by atoms with Crippen molar-refractivity contribution in [2.24, 2.45) is 0 Å². The highest BCUT2D eigenvalue weighted by molar-refractivity contribution is 9.09. The van der Waals surface area contributed by atoms with Crippen LogP contribution in [0.1, 0.15) is 12.5 Å². The normalized spacial score (nSPS) is 13.2. The predicted molar refractivity (Wildman–Crippen MR) is 95.7 cm³/mol. The Morgan fingerprint density at radius 3 is 2.55 bits per heavy atom. The highest BCUT2D eigenvalue weighted by Crippen LogP contribution is 2.29. The molecule has 4 heteroatoms. The minimum atomic E-state index is 0.376. The van der Waals surface area contributed by atoms with Crippen LogP contribution in [0.2, 0.25) is 0 Å². The molecule has 0 saturated carbocycles. The average Bonchev–Trinajstić information content (AvgIpc) is 2.78. The Balaban J connectivity index is 2.18. The van der Waals surface area contributed by atoms with E-state index in [0.717, 1.165) is 28.7 Å². The first-order chi connectivity index (χ1) is 10.6. The van der Waals surface area contributed by atoms with E-state index in [1.807, 2.05) is 24.3 Å². The van der Waals surface area contributed by atoms with Crippen molar-refractivity contribution in [3.63, 3.8) is 0 Å². The molecule has 1 atom stereocenters. The molecule has 0 amide bonds. The van der Waals surface area contributed by atoms with Gasteiger partial charge in [-0.2, -0.15) is 0 Å². The Labute approximate surface area is 137 Å². The fourth-order valence-electron chi connectivity index (χ4n) is 2.99. The van der Waals surface area contributed by atoms with Crippen molar-refractivity contribution in [2.45, 2.75) is 25.2 Å². The second-order valence-electron chi connectivity index (χ2n) is 5.80. The number of rotatable bonds is 2. The van der Waals surface area contributed by atoms with Gasteiger partial charge in [-0.05, 0) is 31.2 Å². The molecule has 1 unspecified atom stereocenters. The quantitative estimate of drug-likeness (QED) is 0.483. The molecule has 110 valence electrons. The lowest BCUT2D eigenvalue weighted by Crippen LogP contribution is -2.06. The third kappa shape index (κ3) is 2.10. The molecule has 0 spiro atoms. The molecular formula is C18H16BrN3. The first-order valence-corrected chi connectivity index (χ1v) is 8.34. The van der Waals surface area contributed by atoms with E-state index in [1.165, 1.54) is 16.5 Å². The van der Waals surface area contributed by atoms with E-state index in [-0.39, 0.29) is 0 Å². The van der Waals surface area contributed by atoms with E-state index >= 15 is 0 Å². The van der Waals surface area contributed by atoms with Crippen molar-refractivity contribution in [3.8, 4) is 0 Å². The highest BCUT2D eigenvalue weighted by atomic mass is 79.9. The Bertz CT molecular complexity index is 1000. The molecule has 22 heavy (non-hydrogen) atoms. The van der Waals surface area contributed by atoms with Gasteiger partial charge in [0.2, 0.25) is 0 Å². The topological polar surface area (TPSA) is 30.7 Å². The summed E-state index contributed by atoms with van der Waals surface area (Å²) in [5.41, 5.74) is 6.28. The number of hydrogen-bond acceptors (Lipinski definition) is 2. The average molecular weight is 354 g/mol. The maximum atomic E-state index is 4.88. The number of alkyl halides is 1. The lowest BCUT2D eigenvalue weighted by atomic mass is 10.1. The van der Waals surface area contributed by atoms with Crippen LogP contribution in [0.25, 0.3) is 33.1 Å². The van der Waals surface area contributed by atoms with Crippen molar-refractivity contribution in [1.29, 1.82) is 0 Å². The molecule has 2 aromatic carbocycles. The molecule has 3 nitrogen and oxygen atoms in total. The Morgan fingerprint density at radius 2 is 1.82 bits per heavy atom. The first-order valence-electron chi connectivity index (χ1n) is 7.43. The summed E-state index contributed by atoms with van der Waals surface area (Å²) < 4.78 is 2.27. The van der Waals surface area contributed by atoms with Crippen molar-refractivity contribution >= 4 is 49.0 Å². The van der Waals surface area contributed by atoms with Crippen LogP contribution in [0.15, 0.2) is 42.5 Å². The van der Waals surface area contributed by atoms with Crippen LogP contribution in [0.5, 0.6) is 0 Å². The van der Waals surface area contributed by atoms with E-state index in [9.17, 15) is 0 Å². The first kappa shape index (κ1) is 13.7. The second kappa shape index (κ2) is 5.06. The summed E-state index contributed by atoms with van der Waals surface area (Å²) in [6.07, 6.45) is 0. The minimum Gasteiger partial charge on any atom is -0.323 e. The smallest absolute Gasteiger partial charge is 0.160 e. The maximum Gasteiger partial charge on any atom is 0.160 e. The van der Waals surface area contributed by atoms with Crippen molar-refractivity contribution in [1.82, 2.24) is 14.5 Å². The largest absolute Gasteiger partial charge is 0.323 e. The molecule has 0 radical (unpaired) electrons. The van der Waals surface area contributed by atoms with E-state index in [2.05, 4.69) is 52.5 Å². The summed E-state index contributed by atoms with van der Waals surface area (Å²) in [6.45, 7) is 5.14. The van der Waals surface area contributed by atoms with E-state index < -0.39 is 0 Å². The van der Waals surface area contributed by atoms with Crippen LogP contribution >= 0.6 is 15.9 Å². The molecule has 0 saturated heterocycles. The molecule has 0 aliphatic heterocycles. The van der Waals surface area contributed by atoms with Crippen LogP contribution in [0.3, 0.4) is 0 Å². The molecular weight excluding hydrogens is 338 g/mol. The predicted octanol–water partition coefficient (Wildman–Crippen LogP) is 4.83. The van der Waals surface area contributed by atoms with Gasteiger partial charge in [0.1, 0.15) is 5.52 Å². The fraction of sp³-hybridized carbons (Fsp3) is 0.222. The van der Waals surface area contributed by atoms with Crippen molar-refractivity contribution < 1.29 is 0 Å². The summed E-state index contributed by atoms with van der Waals surface area (Å²) >= 11 is 3.66. The number of halogens is 1. The number of para-hydroxylation sites is 2. The molecule has 0 aliphatic rings. The summed E-state index contributed by atoms with van der Waals surface area (Å²) in [4.78, 5) is 10.1. The molecule has 0 fully saturated rings. The molecule has 2 heterocycles. The third-order valence-electron chi connectivity index (χ3n) is 3.94. The van der Waals surface area contributed by atoms with Gasteiger partial charge in [-0.1, -0.05) is 46.6 Å². The van der Waals surface area contributed by atoms with Crippen LogP contribution < -0.4 is 0 Å². The zero-order chi connectivity index (χ0) is 15.3. The van der Waals surface area contributed by atoms with Gasteiger partial charge in [-0.15, -0.1) is 0 Å². The SMILES string of the molecule is Cc1ccc2c(c1)c1nc3ccccc3nc1n2CC(C)Br. The number of fused-ring (bicyclic) bond motifs is 4. The Kier molecular flexibility index (Phi) is 3.15. The number of benzene rings is 2. The minimum absolute atomic E-state index is 0.376. The van der Waals surface area contributed by atoms with E-state index in [0.29, 0.717) is 4.83 Å². The van der Waals surface area contributed by atoms with Gasteiger partial charge in [-0.3, -0.25) is 0 Å². The van der Waals surface area contributed by atoms with Gasteiger partial charge in [0.15, 0.2) is 5.65 Å². The summed E-state index contributed by atoms with van der Waals surface area (Å²) in [7, 11) is 0. The summed E-state index contributed by atoms with van der Waals surface area (Å²) in [5.74, 6) is 0. The molecule has 0 aliphatic carbocycles. The van der Waals surface area contributed by atoms with Crippen LogP contribution in [-0.4, -0.2) is 19.4 Å². The Hall–Kier alpha value is -1.94. The third-order valence-corrected chi connectivity index (χ3v) is 4.23. The second-order valence-corrected chi connectivity index (χ2v) is 7.36.